The number of ketones is 1. The molecule has 0 bridgehead atoms. The van der Waals surface area contributed by atoms with Gasteiger partial charge >= 0.3 is 0 Å². The minimum absolute atomic E-state index is 0.0304. The topological polar surface area (TPSA) is 69.4 Å². The molecule has 0 aromatic heterocycles. The van der Waals surface area contributed by atoms with Crippen molar-refractivity contribution >= 4 is 28.3 Å². The maximum atomic E-state index is 12.4. The molecule has 5 heteroatoms. The molecule has 0 atom stereocenters. The number of rotatable bonds is 5. The first kappa shape index (κ1) is 16.4. The van der Waals surface area contributed by atoms with E-state index in [2.05, 4.69) is 0 Å². The van der Waals surface area contributed by atoms with Gasteiger partial charge in [-0.1, -0.05) is 30.3 Å². The Hall–Kier alpha value is -3.47. The Morgan fingerprint density at radius 2 is 1.76 bits per heavy atom. The normalized spacial score (nSPS) is 10.9. The van der Waals surface area contributed by atoms with Crippen LogP contribution in [0.5, 0.6) is 5.75 Å². The van der Waals surface area contributed by atoms with E-state index < -0.39 is 4.92 Å². The van der Waals surface area contributed by atoms with Crippen LogP contribution >= 0.6 is 0 Å². The summed E-state index contributed by atoms with van der Waals surface area (Å²) in [6.45, 7) is 0. The van der Waals surface area contributed by atoms with Crippen molar-refractivity contribution in [2.24, 2.45) is 0 Å². The largest absolute Gasteiger partial charge is 0.497 e. The van der Waals surface area contributed by atoms with Gasteiger partial charge in [-0.15, -0.1) is 0 Å². The van der Waals surface area contributed by atoms with Gasteiger partial charge in [0.1, 0.15) is 5.75 Å². The molecular formula is C20H15NO4. The molecule has 0 N–H and O–H groups in total. The number of nitro benzene ring substituents is 1. The van der Waals surface area contributed by atoms with Crippen molar-refractivity contribution in [2.45, 2.75) is 0 Å². The number of methoxy groups -OCH3 is 1. The van der Waals surface area contributed by atoms with E-state index in [1.165, 1.54) is 18.2 Å². The zero-order valence-corrected chi connectivity index (χ0v) is 13.5. The Labute approximate surface area is 144 Å². The average molecular weight is 333 g/mol. The molecule has 0 aliphatic rings. The van der Waals surface area contributed by atoms with Crippen LogP contribution in [0.25, 0.3) is 16.8 Å². The smallest absolute Gasteiger partial charge is 0.276 e. The quantitative estimate of drug-likeness (QED) is 0.295. The fourth-order valence-corrected chi connectivity index (χ4v) is 2.56. The van der Waals surface area contributed by atoms with Gasteiger partial charge in [0.05, 0.1) is 17.6 Å². The van der Waals surface area contributed by atoms with E-state index in [9.17, 15) is 14.9 Å². The fourth-order valence-electron chi connectivity index (χ4n) is 2.56. The molecule has 3 rings (SSSR count). The molecule has 0 amide bonds. The Kier molecular flexibility index (Phi) is 4.57. The summed E-state index contributed by atoms with van der Waals surface area (Å²) in [6.07, 6.45) is 2.83. The SMILES string of the molecule is COc1ccc2cc(C(=O)/C=C\c3ccccc3[N+](=O)[O-])ccc2c1. The number of nitro groups is 1. The number of hydrogen-bond acceptors (Lipinski definition) is 4. The summed E-state index contributed by atoms with van der Waals surface area (Å²) in [5.41, 5.74) is 0.885. The van der Waals surface area contributed by atoms with E-state index in [1.807, 2.05) is 24.3 Å². The van der Waals surface area contributed by atoms with Crippen LogP contribution in [-0.4, -0.2) is 17.8 Å². The highest BCUT2D eigenvalue weighted by Crippen LogP contribution is 2.23. The predicted octanol–water partition coefficient (Wildman–Crippen LogP) is 4.65. The molecule has 0 radical (unpaired) electrons. The minimum atomic E-state index is -0.465. The van der Waals surface area contributed by atoms with Gasteiger partial charge < -0.3 is 4.74 Å². The van der Waals surface area contributed by atoms with Crippen LogP contribution in [0.1, 0.15) is 15.9 Å². The summed E-state index contributed by atoms with van der Waals surface area (Å²) in [5, 5.41) is 12.9. The van der Waals surface area contributed by atoms with Crippen LogP contribution in [0, 0.1) is 10.1 Å². The number of carbonyl (C=O) groups is 1. The molecule has 0 aliphatic heterocycles. The summed E-state index contributed by atoms with van der Waals surface area (Å²) < 4.78 is 5.18. The Bertz CT molecular complexity index is 992. The molecule has 25 heavy (non-hydrogen) atoms. The molecule has 0 saturated carbocycles. The van der Waals surface area contributed by atoms with Gasteiger partial charge in [0.15, 0.2) is 5.78 Å². The maximum Gasteiger partial charge on any atom is 0.276 e. The van der Waals surface area contributed by atoms with Gasteiger partial charge in [-0.25, -0.2) is 0 Å². The maximum absolute atomic E-state index is 12.4. The Morgan fingerprint density at radius 1 is 1.04 bits per heavy atom. The number of fused-ring (bicyclic) bond motifs is 1. The molecule has 5 nitrogen and oxygen atoms in total. The van der Waals surface area contributed by atoms with Gasteiger partial charge in [-0.05, 0) is 47.2 Å². The Morgan fingerprint density at radius 3 is 2.52 bits per heavy atom. The third kappa shape index (κ3) is 3.55. The zero-order chi connectivity index (χ0) is 17.8. The molecule has 3 aromatic rings. The number of hydrogen-bond donors (Lipinski definition) is 0. The van der Waals surface area contributed by atoms with Gasteiger partial charge in [0.2, 0.25) is 0 Å². The summed E-state index contributed by atoms with van der Waals surface area (Å²) in [5.74, 6) is 0.540. The highest BCUT2D eigenvalue weighted by atomic mass is 16.6. The number of ether oxygens (including phenoxy) is 1. The van der Waals surface area contributed by atoms with E-state index in [0.717, 1.165) is 16.5 Å². The van der Waals surface area contributed by atoms with Crippen LogP contribution in [0.4, 0.5) is 5.69 Å². The molecule has 3 aromatic carbocycles. The molecule has 0 aliphatic carbocycles. The van der Waals surface area contributed by atoms with Crippen LogP contribution < -0.4 is 4.74 Å². The summed E-state index contributed by atoms with van der Waals surface area (Å²) in [6, 6.07) is 17.3. The van der Waals surface area contributed by atoms with E-state index in [-0.39, 0.29) is 11.5 Å². The lowest BCUT2D eigenvalue weighted by molar-refractivity contribution is -0.385. The van der Waals surface area contributed by atoms with Crippen molar-refractivity contribution in [3.05, 3.63) is 88.0 Å². The number of carbonyl (C=O) groups excluding carboxylic acids is 1. The average Bonchev–Trinajstić information content (AvgIpc) is 2.65. The number of para-hydroxylation sites is 1. The second kappa shape index (κ2) is 6.97. The third-order valence-corrected chi connectivity index (χ3v) is 3.88. The number of benzene rings is 3. The van der Waals surface area contributed by atoms with E-state index >= 15 is 0 Å². The third-order valence-electron chi connectivity index (χ3n) is 3.88. The highest BCUT2D eigenvalue weighted by molar-refractivity contribution is 6.08. The molecule has 124 valence electrons. The van der Waals surface area contributed by atoms with Gasteiger partial charge in [0.25, 0.3) is 5.69 Å². The zero-order valence-electron chi connectivity index (χ0n) is 13.5. The van der Waals surface area contributed by atoms with Gasteiger partial charge in [-0.2, -0.15) is 0 Å². The standard InChI is InChI=1S/C20H15NO4/c1-25-18-10-8-15-12-17(7-6-16(15)13-18)20(22)11-9-14-4-2-3-5-19(14)21(23)24/h2-13H,1H3/b11-9-. The molecule has 0 heterocycles. The lowest BCUT2D eigenvalue weighted by Crippen LogP contribution is -1.95. The van der Waals surface area contributed by atoms with Crippen molar-refractivity contribution < 1.29 is 14.5 Å². The second-order valence-electron chi connectivity index (χ2n) is 5.44. The van der Waals surface area contributed by atoms with Gasteiger partial charge in [-0.3, -0.25) is 14.9 Å². The van der Waals surface area contributed by atoms with E-state index in [1.54, 1.807) is 37.4 Å². The Balaban J connectivity index is 1.88. The minimum Gasteiger partial charge on any atom is -0.497 e. The van der Waals surface area contributed by atoms with Crippen molar-refractivity contribution in [3.63, 3.8) is 0 Å². The second-order valence-corrected chi connectivity index (χ2v) is 5.44. The highest BCUT2D eigenvalue weighted by Gasteiger charge is 2.10. The predicted molar refractivity (Wildman–Crippen MR) is 97.0 cm³/mol. The molecular weight excluding hydrogens is 318 g/mol. The molecule has 0 fully saturated rings. The first-order valence-electron chi connectivity index (χ1n) is 7.62. The monoisotopic (exact) mass is 333 g/mol. The number of nitrogens with zero attached hydrogens (tertiary/aromatic N) is 1. The molecule has 0 spiro atoms. The first-order chi connectivity index (χ1) is 12.1. The summed E-state index contributed by atoms with van der Waals surface area (Å²) >= 11 is 0. The lowest BCUT2D eigenvalue weighted by Gasteiger charge is -2.04. The first-order valence-corrected chi connectivity index (χ1v) is 7.62. The summed E-state index contributed by atoms with van der Waals surface area (Å²) in [4.78, 5) is 22.9. The van der Waals surface area contributed by atoms with Crippen molar-refractivity contribution in [2.75, 3.05) is 7.11 Å². The molecule has 0 unspecified atom stereocenters. The fraction of sp³-hybridized carbons (Fsp3) is 0.0500. The van der Waals surface area contributed by atoms with Crippen molar-refractivity contribution in [1.82, 2.24) is 0 Å². The van der Waals surface area contributed by atoms with Crippen LogP contribution in [-0.2, 0) is 0 Å². The van der Waals surface area contributed by atoms with E-state index in [4.69, 9.17) is 4.74 Å². The van der Waals surface area contributed by atoms with Crippen LogP contribution in [0.2, 0.25) is 0 Å². The van der Waals surface area contributed by atoms with Crippen LogP contribution in [0.3, 0.4) is 0 Å². The van der Waals surface area contributed by atoms with Crippen LogP contribution in [0.15, 0.2) is 66.7 Å². The van der Waals surface area contributed by atoms with Crippen molar-refractivity contribution in [3.8, 4) is 5.75 Å². The number of allylic oxidation sites excluding steroid dienone is 1. The summed E-state index contributed by atoms with van der Waals surface area (Å²) in [7, 11) is 1.60. The van der Waals surface area contributed by atoms with E-state index in [0.29, 0.717) is 11.1 Å². The molecule has 0 saturated heterocycles. The van der Waals surface area contributed by atoms with Gasteiger partial charge in [0, 0.05) is 11.6 Å². The van der Waals surface area contributed by atoms with Crippen molar-refractivity contribution in [1.29, 1.82) is 0 Å². The lowest BCUT2D eigenvalue weighted by atomic mass is 10.0.